The van der Waals surface area contributed by atoms with E-state index in [1.54, 1.807) is 0 Å². The van der Waals surface area contributed by atoms with Gasteiger partial charge in [-0.1, -0.05) is 0 Å². The third-order valence-corrected chi connectivity index (χ3v) is 2.72. The molecule has 1 aromatic carbocycles. The van der Waals surface area contributed by atoms with Crippen LogP contribution < -0.4 is 4.90 Å². The summed E-state index contributed by atoms with van der Waals surface area (Å²) in [6, 6.07) is 3.31. The van der Waals surface area contributed by atoms with Crippen molar-refractivity contribution in [2.45, 2.75) is 12.3 Å². The summed E-state index contributed by atoms with van der Waals surface area (Å²) in [5, 5.41) is 9.57. The molecule has 0 aliphatic rings. The zero-order valence-corrected chi connectivity index (χ0v) is 11.1. The van der Waals surface area contributed by atoms with E-state index in [-0.39, 0.29) is 24.4 Å². The Bertz CT molecular complexity index is 463. The Morgan fingerprint density at radius 1 is 1.45 bits per heavy atom. The van der Waals surface area contributed by atoms with Crippen LogP contribution in [0.2, 0.25) is 0 Å². The first kappa shape index (κ1) is 16.5. The van der Waals surface area contributed by atoms with Crippen LogP contribution in [0.3, 0.4) is 0 Å². The van der Waals surface area contributed by atoms with E-state index >= 15 is 0 Å². The van der Waals surface area contributed by atoms with Gasteiger partial charge in [-0.25, -0.2) is 0 Å². The number of anilines is 1. The molecule has 7 heteroatoms. The van der Waals surface area contributed by atoms with Gasteiger partial charge in [-0.2, -0.15) is 13.2 Å². The van der Waals surface area contributed by atoms with E-state index in [0.29, 0.717) is 6.29 Å². The fraction of sp³-hybridized carbons (Fsp3) is 0.462. The largest absolute Gasteiger partial charge is 0.418 e. The molecule has 0 saturated heterocycles. The molecule has 0 radical (unpaired) electrons. The number of aliphatic hydroxyl groups is 1. The molecule has 0 spiro atoms. The average molecular weight is 291 g/mol. The van der Waals surface area contributed by atoms with Crippen LogP contribution in [0, 0.1) is 0 Å². The van der Waals surface area contributed by atoms with Crippen molar-refractivity contribution in [1.29, 1.82) is 0 Å². The molecule has 0 bridgehead atoms. The van der Waals surface area contributed by atoms with Gasteiger partial charge in [0.1, 0.15) is 6.29 Å². The van der Waals surface area contributed by atoms with Crippen LogP contribution in [0.15, 0.2) is 18.2 Å². The standard InChI is InChI=1S/C13H16F3NO3/c1-17(6-10(19)8-20-2)12-4-3-9(7-18)5-11(12)13(14,15)16/h3-5,7,10,19H,6,8H2,1-2H3. The van der Waals surface area contributed by atoms with Gasteiger partial charge in [-0.05, 0) is 18.2 Å². The highest BCUT2D eigenvalue weighted by Gasteiger charge is 2.34. The van der Waals surface area contributed by atoms with E-state index in [0.717, 1.165) is 6.07 Å². The van der Waals surface area contributed by atoms with Gasteiger partial charge in [0.05, 0.1) is 18.3 Å². The number of benzene rings is 1. The molecule has 1 rings (SSSR count). The van der Waals surface area contributed by atoms with Crippen LogP contribution in [0.4, 0.5) is 18.9 Å². The zero-order chi connectivity index (χ0) is 15.3. The molecule has 0 amide bonds. The minimum atomic E-state index is -4.57. The summed E-state index contributed by atoms with van der Waals surface area (Å²) >= 11 is 0. The first-order valence-electron chi connectivity index (χ1n) is 5.84. The smallest absolute Gasteiger partial charge is 0.389 e. The maximum atomic E-state index is 13.0. The minimum Gasteiger partial charge on any atom is -0.389 e. The lowest BCUT2D eigenvalue weighted by atomic mass is 10.1. The Labute approximate surface area is 114 Å². The molecule has 0 aliphatic carbocycles. The summed E-state index contributed by atoms with van der Waals surface area (Å²) in [5.41, 5.74) is -1.06. The van der Waals surface area contributed by atoms with E-state index in [4.69, 9.17) is 4.74 Å². The lowest BCUT2D eigenvalue weighted by Crippen LogP contribution is -2.33. The third-order valence-electron chi connectivity index (χ3n) is 2.72. The zero-order valence-electron chi connectivity index (χ0n) is 11.1. The molecule has 0 aliphatic heterocycles. The summed E-state index contributed by atoms with van der Waals surface area (Å²) in [7, 11) is 2.83. The van der Waals surface area contributed by atoms with Crippen molar-refractivity contribution in [2.24, 2.45) is 0 Å². The summed E-state index contributed by atoms with van der Waals surface area (Å²) in [6.07, 6.45) is -5.12. The average Bonchev–Trinajstić information content (AvgIpc) is 2.37. The molecule has 112 valence electrons. The van der Waals surface area contributed by atoms with Crippen LogP contribution in [0.1, 0.15) is 15.9 Å². The van der Waals surface area contributed by atoms with Crippen molar-refractivity contribution in [2.75, 3.05) is 32.2 Å². The molecule has 20 heavy (non-hydrogen) atoms. The molecular weight excluding hydrogens is 275 g/mol. The number of ether oxygens (including phenoxy) is 1. The lowest BCUT2D eigenvalue weighted by molar-refractivity contribution is -0.137. The lowest BCUT2D eigenvalue weighted by Gasteiger charge is -2.25. The van der Waals surface area contributed by atoms with E-state index < -0.39 is 17.8 Å². The summed E-state index contributed by atoms with van der Waals surface area (Å²) in [4.78, 5) is 11.9. The second-order valence-corrected chi connectivity index (χ2v) is 4.38. The highest BCUT2D eigenvalue weighted by Crippen LogP contribution is 2.36. The fourth-order valence-corrected chi connectivity index (χ4v) is 1.85. The molecule has 1 N–H and O–H groups in total. The number of hydrogen-bond donors (Lipinski definition) is 1. The number of rotatable bonds is 6. The molecule has 1 aromatic rings. The van der Waals surface area contributed by atoms with Crippen molar-refractivity contribution in [3.63, 3.8) is 0 Å². The van der Waals surface area contributed by atoms with E-state index in [2.05, 4.69) is 0 Å². The van der Waals surface area contributed by atoms with Gasteiger partial charge in [-0.15, -0.1) is 0 Å². The molecule has 1 atom stereocenters. The topological polar surface area (TPSA) is 49.8 Å². The van der Waals surface area contributed by atoms with Gasteiger partial charge in [0.15, 0.2) is 0 Å². The van der Waals surface area contributed by atoms with Gasteiger partial charge in [0.25, 0.3) is 0 Å². The van der Waals surface area contributed by atoms with Crippen molar-refractivity contribution in [3.8, 4) is 0 Å². The Kier molecular flexibility index (Phi) is 5.52. The first-order valence-corrected chi connectivity index (χ1v) is 5.84. The van der Waals surface area contributed by atoms with Gasteiger partial charge in [0.2, 0.25) is 0 Å². The molecule has 1 unspecified atom stereocenters. The van der Waals surface area contributed by atoms with Crippen molar-refractivity contribution >= 4 is 12.0 Å². The number of hydrogen-bond acceptors (Lipinski definition) is 4. The number of nitrogens with zero attached hydrogens (tertiary/aromatic N) is 1. The second kappa shape index (κ2) is 6.71. The fourth-order valence-electron chi connectivity index (χ4n) is 1.85. The predicted molar refractivity (Wildman–Crippen MR) is 68.0 cm³/mol. The van der Waals surface area contributed by atoms with Gasteiger partial charge >= 0.3 is 6.18 Å². The highest BCUT2D eigenvalue weighted by atomic mass is 19.4. The Morgan fingerprint density at radius 2 is 2.10 bits per heavy atom. The first-order chi connectivity index (χ1) is 9.29. The minimum absolute atomic E-state index is 0.0165. The van der Waals surface area contributed by atoms with Crippen molar-refractivity contribution in [1.82, 2.24) is 0 Å². The highest BCUT2D eigenvalue weighted by molar-refractivity contribution is 5.77. The van der Waals surface area contributed by atoms with Crippen LogP contribution in [-0.4, -0.2) is 44.8 Å². The molecule has 4 nitrogen and oxygen atoms in total. The van der Waals surface area contributed by atoms with Crippen molar-refractivity contribution in [3.05, 3.63) is 29.3 Å². The van der Waals surface area contributed by atoms with E-state index in [9.17, 15) is 23.1 Å². The number of likely N-dealkylation sites (N-methyl/N-ethyl adjacent to an activating group) is 1. The Balaban J connectivity index is 3.07. The number of alkyl halides is 3. The predicted octanol–water partition coefficient (Wildman–Crippen LogP) is 1.96. The van der Waals surface area contributed by atoms with E-state index in [1.807, 2.05) is 0 Å². The maximum absolute atomic E-state index is 13.0. The van der Waals surface area contributed by atoms with Gasteiger partial charge < -0.3 is 14.7 Å². The van der Waals surface area contributed by atoms with Crippen molar-refractivity contribution < 1.29 is 27.8 Å². The number of carbonyl (C=O) groups excluding carboxylic acids is 1. The molecule has 0 saturated carbocycles. The van der Waals surface area contributed by atoms with E-state index in [1.165, 1.54) is 31.2 Å². The SMILES string of the molecule is COCC(O)CN(C)c1ccc(C=O)cc1C(F)(F)F. The molecule has 0 aromatic heterocycles. The number of halogens is 3. The normalized spacial score (nSPS) is 13.1. The summed E-state index contributed by atoms with van der Waals surface area (Å²) in [5.74, 6) is 0. The number of carbonyl (C=O) groups is 1. The van der Waals surface area contributed by atoms with Crippen LogP contribution in [0.25, 0.3) is 0 Å². The number of aliphatic hydroxyl groups excluding tert-OH is 1. The van der Waals surface area contributed by atoms with Gasteiger partial charge in [-0.3, -0.25) is 4.79 Å². The molecule has 0 heterocycles. The quantitative estimate of drug-likeness (QED) is 0.814. The maximum Gasteiger partial charge on any atom is 0.418 e. The second-order valence-electron chi connectivity index (χ2n) is 4.38. The summed E-state index contributed by atoms with van der Waals surface area (Å²) in [6.45, 7) is 0.00939. The van der Waals surface area contributed by atoms with Crippen LogP contribution in [0.5, 0.6) is 0 Å². The van der Waals surface area contributed by atoms with Crippen LogP contribution in [-0.2, 0) is 10.9 Å². The Morgan fingerprint density at radius 3 is 2.60 bits per heavy atom. The number of aldehydes is 1. The Hall–Kier alpha value is -1.60. The number of methoxy groups -OCH3 is 1. The third kappa shape index (κ3) is 4.21. The monoisotopic (exact) mass is 291 g/mol. The molecule has 0 fully saturated rings. The van der Waals surface area contributed by atoms with Gasteiger partial charge in [0, 0.05) is 32.0 Å². The summed E-state index contributed by atoms with van der Waals surface area (Å²) < 4.78 is 43.7. The van der Waals surface area contributed by atoms with Crippen LogP contribution >= 0.6 is 0 Å². The molecular formula is C13H16F3NO3.